The lowest BCUT2D eigenvalue weighted by atomic mass is 10.0. The highest BCUT2D eigenvalue weighted by Crippen LogP contribution is 2.27. The first kappa shape index (κ1) is 14.3. The first-order chi connectivity index (χ1) is 9.79. The van der Waals surface area contributed by atoms with Crippen LogP contribution in [-0.2, 0) is 4.79 Å². The highest BCUT2D eigenvalue weighted by atomic mass is 16.3. The van der Waals surface area contributed by atoms with E-state index in [2.05, 4.69) is 10.2 Å². The van der Waals surface area contributed by atoms with Gasteiger partial charge in [-0.3, -0.25) is 9.69 Å². The van der Waals surface area contributed by atoms with E-state index in [4.69, 9.17) is 0 Å². The molecule has 114 valence electrons. The molecular formula is C15H27N3O2. The lowest BCUT2D eigenvalue weighted by molar-refractivity contribution is -0.136. The minimum atomic E-state index is 0.107. The van der Waals surface area contributed by atoms with Crippen molar-refractivity contribution >= 4 is 5.91 Å². The smallest absolute Gasteiger partial charge is 0.239 e. The fraction of sp³-hybridized carbons (Fsp3) is 0.933. The van der Waals surface area contributed by atoms with Crippen LogP contribution in [0.1, 0.15) is 32.1 Å². The molecule has 2 atom stereocenters. The molecule has 5 nitrogen and oxygen atoms in total. The van der Waals surface area contributed by atoms with Gasteiger partial charge in [-0.2, -0.15) is 0 Å². The lowest BCUT2D eigenvalue weighted by Gasteiger charge is -2.36. The number of carbonyl (C=O) groups is 1. The van der Waals surface area contributed by atoms with Crippen LogP contribution in [-0.4, -0.2) is 72.2 Å². The number of carbonyl (C=O) groups excluding carboxylic acids is 1. The van der Waals surface area contributed by atoms with Crippen LogP contribution in [0.5, 0.6) is 0 Å². The third kappa shape index (κ3) is 2.85. The van der Waals surface area contributed by atoms with Gasteiger partial charge in [0.15, 0.2) is 0 Å². The van der Waals surface area contributed by atoms with Crippen LogP contribution in [0.15, 0.2) is 0 Å². The van der Waals surface area contributed by atoms with Gasteiger partial charge in [0.1, 0.15) is 0 Å². The number of nitrogens with one attached hydrogen (secondary N) is 1. The van der Waals surface area contributed by atoms with E-state index in [0.29, 0.717) is 17.9 Å². The molecule has 0 bridgehead atoms. The Morgan fingerprint density at radius 3 is 2.65 bits per heavy atom. The van der Waals surface area contributed by atoms with Gasteiger partial charge in [0.25, 0.3) is 0 Å². The Hall–Kier alpha value is -0.650. The van der Waals surface area contributed by atoms with Gasteiger partial charge in [0, 0.05) is 31.7 Å². The maximum Gasteiger partial charge on any atom is 0.239 e. The van der Waals surface area contributed by atoms with Crippen molar-refractivity contribution in [1.82, 2.24) is 15.1 Å². The summed E-state index contributed by atoms with van der Waals surface area (Å²) in [6, 6.07) is 0.694. The molecule has 0 aromatic heterocycles. The number of likely N-dealkylation sites (tertiary alicyclic amines) is 2. The first-order valence-corrected chi connectivity index (χ1v) is 8.15. The molecule has 2 unspecified atom stereocenters. The van der Waals surface area contributed by atoms with Gasteiger partial charge in [-0.15, -0.1) is 0 Å². The summed E-state index contributed by atoms with van der Waals surface area (Å²) in [5, 5.41) is 12.6. The second kappa shape index (κ2) is 6.41. The number of rotatable bonds is 3. The van der Waals surface area contributed by atoms with Gasteiger partial charge in [-0.25, -0.2) is 0 Å². The molecule has 2 N–H and O–H groups in total. The Kier molecular flexibility index (Phi) is 4.58. The van der Waals surface area contributed by atoms with E-state index in [1.165, 1.54) is 12.8 Å². The van der Waals surface area contributed by atoms with E-state index in [1.807, 2.05) is 4.90 Å². The number of hydrogen-bond donors (Lipinski definition) is 2. The molecule has 0 radical (unpaired) electrons. The van der Waals surface area contributed by atoms with Crippen LogP contribution < -0.4 is 5.32 Å². The van der Waals surface area contributed by atoms with Crippen molar-refractivity contribution in [2.24, 2.45) is 5.92 Å². The molecule has 0 aromatic rings. The summed E-state index contributed by atoms with van der Waals surface area (Å²) >= 11 is 0. The van der Waals surface area contributed by atoms with Crippen molar-refractivity contribution in [1.29, 1.82) is 0 Å². The zero-order valence-electron chi connectivity index (χ0n) is 12.3. The fourth-order valence-electron chi connectivity index (χ4n) is 4.02. The molecule has 0 spiro atoms. The number of aliphatic hydroxyl groups excluding tert-OH is 1. The molecule has 0 aromatic carbocycles. The number of amides is 1. The van der Waals surface area contributed by atoms with Crippen LogP contribution in [0.4, 0.5) is 0 Å². The molecule has 0 aliphatic carbocycles. The minimum absolute atomic E-state index is 0.107. The van der Waals surface area contributed by atoms with Crippen LogP contribution in [0.3, 0.4) is 0 Å². The second-order valence-corrected chi connectivity index (χ2v) is 6.50. The summed E-state index contributed by atoms with van der Waals surface area (Å²) in [7, 11) is 0. The van der Waals surface area contributed by atoms with Gasteiger partial charge in [-0.1, -0.05) is 0 Å². The molecule has 3 saturated heterocycles. The summed E-state index contributed by atoms with van der Waals surface area (Å²) in [6.07, 6.45) is 5.47. The van der Waals surface area contributed by atoms with Crippen LogP contribution in [0, 0.1) is 5.92 Å². The van der Waals surface area contributed by atoms with Crippen molar-refractivity contribution in [3.63, 3.8) is 0 Å². The predicted molar refractivity (Wildman–Crippen MR) is 77.4 cm³/mol. The fourth-order valence-corrected chi connectivity index (χ4v) is 4.02. The number of aliphatic hydroxyl groups is 1. The average molecular weight is 281 g/mol. The highest BCUT2D eigenvalue weighted by Gasteiger charge is 2.39. The average Bonchev–Trinajstić information content (AvgIpc) is 3.16. The number of piperidine rings is 1. The summed E-state index contributed by atoms with van der Waals surface area (Å²) < 4.78 is 0. The van der Waals surface area contributed by atoms with Crippen molar-refractivity contribution in [3.8, 4) is 0 Å². The summed E-state index contributed by atoms with van der Waals surface area (Å²) in [6.45, 7) is 5.05. The molecule has 0 saturated carbocycles. The maximum absolute atomic E-state index is 12.7. The van der Waals surface area contributed by atoms with Crippen molar-refractivity contribution in [2.75, 3.05) is 39.3 Å². The normalized spacial score (nSPS) is 33.0. The van der Waals surface area contributed by atoms with Crippen molar-refractivity contribution in [2.45, 2.75) is 44.2 Å². The summed E-state index contributed by atoms with van der Waals surface area (Å²) in [4.78, 5) is 17.2. The van der Waals surface area contributed by atoms with Gasteiger partial charge in [-0.05, 0) is 51.7 Å². The van der Waals surface area contributed by atoms with E-state index in [-0.39, 0.29) is 12.6 Å². The molecule has 20 heavy (non-hydrogen) atoms. The zero-order chi connectivity index (χ0) is 13.9. The van der Waals surface area contributed by atoms with E-state index in [0.717, 1.165) is 52.0 Å². The quantitative estimate of drug-likeness (QED) is 0.767. The zero-order valence-corrected chi connectivity index (χ0v) is 12.3. The van der Waals surface area contributed by atoms with Crippen LogP contribution >= 0.6 is 0 Å². The molecular weight excluding hydrogens is 254 g/mol. The van der Waals surface area contributed by atoms with Crippen LogP contribution in [0.25, 0.3) is 0 Å². The molecule has 3 aliphatic rings. The van der Waals surface area contributed by atoms with Gasteiger partial charge >= 0.3 is 0 Å². The predicted octanol–water partition coefficient (Wildman–Crippen LogP) is 0.0436. The van der Waals surface area contributed by atoms with Gasteiger partial charge < -0.3 is 15.3 Å². The molecule has 3 aliphatic heterocycles. The Morgan fingerprint density at radius 2 is 1.95 bits per heavy atom. The maximum atomic E-state index is 12.7. The molecule has 3 heterocycles. The Balaban J connectivity index is 1.61. The Labute approximate surface area is 121 Å². The van der Waals surface area contributed by atoms with E-state index in [9.17, 15) is 9.90 Å². The van der Waals surface area contributed by atoms with Crippen LogP contribution in [0.2, 0.25) is 0 Å². The van der Waals surface area contributed by atoms with Gasteiger partial charge in [0.2, 0.25) is 5.91 Å². The SMILES string of the molecule is O=C(C1CCCN1C1CCNCC1)N1CCC(CO)C1. The Bertz CT molecular complexity index is 344. The molecule has 3 rings (SSSR count). The topological polar surface area (TPSA) is 55.8 Å². The number of nitrogens with zero attached hydrogens (tertiary/aromatic N) is 2. The monoisotopic (exact) mass is 281 g/mol. The largest absolute Gasteiger partial charge is 0.396 e. The number of hydrogen-bond acceptors (Lipinski definition) is 4. The molecule has 5 heteroatoms. The standard InChI is InChI=1S/C15H27N3O2/c19-11-12-5-9-17(10-12)15(20)14-2-1-8-18(14)13-3-6-16-7-4-13/h12-14,16,19H,1-11H2. The highest BCUT2D eigenvalue weighted by molar-refractivity contribution is 5.82. The summed E-state index contributed by atoms with van der Waals surface area (Å²) in [5.74, 6) is 0.615. The third-order valence-corrected chi connectivity index (χ3v) is 5.21. The third-order valence-electron chi connectivity index (χ3n) is 5.21. The van der Waals surface area contributed by atoms with Gasteiger partial charge in [0.05, 0.1) is 6.04 Å². The minimum Gasteiger partial charge on any atom is -0.396 e. The Morgan fingerprint density at radius 1 is 1.15 bits per heavy atom. The van der Waals surface area contributed by atoms with E-state index >= 15 is 0 Å². The van der Waals surface area contributed by atoms with E-state index < -0.39 is 0 Å². The summed E-state index contributed by atoms with van der Waals surface area (Å²) in [5.41, 5.74) is 0. The lowest BCUT2D eigenvalue weighted by Crippen LogP contribution is -2.51. The van der Waals surface area contributed by atoms with E-state index in [1.54, 1.807) is 0 Å². The molecule has 3 fully saturated rings. The second-order valence-electron chi connectivity index (χ2n) is 6.50. The first-order valence-electron chi connectivity index (χ1n) is 8.15. The molecule has 1 amide bonds. The van der Waals surface area contributed by atoms with Crippen molar-refractivity contribution in [3.05, 3.63) is 0 Å². The van der Waals surface area contributed by atoms with Crippen molar-refractivity contribution < 1.29 is 9.90 Å².